The quantitative estimate of drug-likeness (QED) is 0.733. The van der Waals surface area contributed by atoms with Crippen LogP contribution in [-0.4, -0.2) is 13.7 Å². The number of methoxy groups -OCH3 is 1. The van der Waals surface area contributed by atoms with Crippen molar-refractivity contribution in [2.45, 2.75) is 39.2 Å². The Morgan fingerprint density at radius 2 is 1.75 bits per heavy atom. The van der Waals surface area contributed by atoms with Gasteiger partial charge in [-0.2, -0.15) is 0 Å². The van der Waals surface area contributed by atoms with E-state index < -0.39 is 0 Å². The molecule has 2 rings (SSSR count). The summed E-state index contributed by atoms with van der Waals surface area (Å²) in [5.74, 6) is 2.64. The lowest BCUT2D eigenvalue weighted by molar-refractivity contribution is 0.281. The summed E-state index contributed by atoms with van der Waals surface area (Å²) >= 11 is 7.10. The van der Waals surface area contributed by atoms with Crippen molar-refractivity contribution in [1.82, 2.24) is 5.32 Å². The molecule has 1 aromatic carbocycles. The second-order valence-electron chi connectivity index (χ2n) is 5.85. The number of benzene rings is 1. The molecule has 0 bridgehead atoms. The molecule has 4 heteroatoms. The molecule has 0 spiro atoms. The van der Waals surface area contributed by atoms with E-state index in [1.165, 1.54) is 31.2 Å². The molecule has 20 heavy (non-hydrogen) atoms. The molecule has 0 saturated heterocycles. The fraction of sp³-hybridized carbons (Fsp3) is 0.625. The summed E-state index contributed by atoms with van der Waals surface area (Å²) < 4.78 is 7.32. The maximum Gasteiger partial charge on any atom is 0.147 e. The van der Waals surface area contributed by atoms with Crippen molar-refractivity contribution in [3.8, 4) is 5.75 Å². The van der Waals surface area contributed by atoms with Crippen molar-refractivity contribution in [2.24, 2.45) is 11.8 Å². The SMILES string of the molecule is COc1c(Br)cc(CNCC2CCC(C)CC2)cc1Br. The van der Waals surface area contributed by atoms with E-state index in [0.717, 1.165) is 39.6 Å². The normalized spacial score (nSPS) is 22.8. The molecular weight excluding hydrogens is 382 g/mol. The van der Waals surface area contributed by atoms with Crippen molar-refractivity contribution in [3.05, 3.63) is 26.6 Å². The molecule has 0 atom stereocenters. The molecule has 0 aromatic heterocycles. The van der Waals surface area contributed by atoms with Gasteiger partial charge >= 0.3 is 0 Å². The van der Waals surface area contributed by atoms with Crippen LogP contribution in [0.2, 0.25) is 0 Å². The molecule has 112 valence electrons. The number of hydrogen-bond donors (Lipinski definition) is 1. The highest BCUT2D eigenvalue weighted by Gasteiger charge is 2.17. The summed E-state index contributed by atoms with van der Waals surface area (Å²) in [6, 6.07) is 4.25. The lowest BCUT2D eigenvalue weighted by Gasteiger charge is -2.26. The van der Waals surface area contributed by atoms with Gasteiger partial charge in [0.15, 0.2) is 0 Å². The third kappa shape index (κ3) is 4.47. The van der Waals surface area contributed by atoms with Crippen LogP contribution in [0.25, 0.3) is 0 Å². The zero-order valence-corrected chi connectivity index (χ0v) is 15.4. The Bertz CT molecular complexity index is 419. The molecule has 1 aliphatic carbocycles. The number of nitrogens with one attached hydrogen (secondary N) is 1. The van der Waals surface area contributed by atoms with Gasteiger partial charge in [-0.1, -0.05) is 19.8 Å². The number of ether oxygens (including phenoxy) is 1. The molecule has 0 unspecified atom stereocenters. The van der Waals surface area contributed by atoms with E-state index in [-0.39, 0.29) is 0 Å². The zero-order chi connectivity index (χ0) is 14.5. The van der Waals surface area contributed by atoms with E-state index >= 15 is 0 Å². The molecule has 1 N–H and O–H groups in total. The molecule has 1 fully saturated rings. The van der Waals surface area contributed by atoms with Crippen LogP contribution in [0.1, 0.15) is 38.2 Å². The molecule has 2 nitrogen and oxygen atoms in total. The van der Waals surface area contributed by atoms with E-state index in [4.69, 9.17) is 4.74 Å². The highest BCUT2D eigenvalue weighted by Crippen LogP contribution is 2.34. The van der Waals surface area contributed by atoms with E-state index in [1.54, 1.807) is 7.11 Å². The fourth-order valence-electron chi connectivity index (χ4n) is 2.86. The van der Waals surface area contributed by atoms with Crippen LogP contribution in [-0.2, 0) is 6.54 Å². The van der Waals surface area contributed by atoms with Crippen LogP contribution >= 0.6 is 31.9 Å². The van der Waals surface area contributed by atoms with E-state index in [9.17, 15) is 0 Å². The number of rotatable bonds is 5. The Hall–Kier alpha value is -0.0600. The van der Waals surface area contributed by atoms with Crippen LogP contribution in [0.5, 0.6) is 5.75 Å². The van der Waals surface area contributed by atoms with Crippen molar-refractivity contribution in [1.29, 1.82) is 0 Å². The van der Waals surface area contributed by atoms with Gasteiger partial charge in [0.25, 0.3) is 0 Å². The van der Waals surface area contributed by atoms with Gasteiger partial charge in [-0.25, -0.2) is 0 Å². The Labute approximate surface area is 138 Å². The highest BCUT2D eigenvalue weighted by molar-refractivity contribution is 9.11. The van der Waals surface area contributed by atoms with Crippen molar-refractivity contribution < 1.29 is 4.74 Å². The van der Waals surface area contributed by atoms with Crippen LogP contribution in [0.15, 0.2) is 21.1 Å². The lowest BCUT2D eigenvalue weighted by Crippen LogP contribution is -2.25. The minimum absolute atomic E-state index is 0.856. The third-order valence-electron chi connectivity index (χ3n) is 4.16. The van der Waals surface area contributed by atoms with E-state index in [2.05, 4.69) is 56.2 Å². The zero-order valence-electron chi connectivity index (χ0n) is 12.2. The summed E-state index contributed by atoms with van der Waals surface area (Å²) in [6.07, 6.45) is 5.55. The smallest absolute Gasteiger partial charge is 0.147 e. The largest absolute Gasteiger partial charge is 0.494 e. The van der Waals surface area contributed by atoms with Crippen molar-refractivity contribution >= 4 is 31.9 Å². The maximum atomic E-state index is 5.33. The summed E-state index contributed by atoms with van der Waals surface area (Å²) in [6.45, 7) is 4.41. The Morgan fingerprint density at radius 1 is 1.15 bits per heavy atom. The van der Waals surface area contributed by atoms with Gasteiger partial charge in [-0.05, 0) is 80.8 Å². The minimum atomic E-state index is 0.856. The van der Waals surface area contributed by atoms with Crippen molar-refractivity contribution in [3.63, 3.8) is 0 Å². The van der Waals surface area contributed by atoms with Gasteiger partial charge in [0, 0.05) is 6.54 Å². The second kappa shape index (κ2) is 7.81. The maximum absolute atomic E-state index is 5.33. The first-order chi connectivity index (χ1) is 9.60. The van der Waals surface area contributed by atoms with Crippen molar-refractivity contribution in [2.75, 3.05) is 13.7 Å². The Kier molecular flexibility index (Phi) is 6.37. The Morgan fingerprint density at radius 3 is 2.30 bits per heavy atom. The molecule has 1 saturated carbocycles. The minimum Gasteiger partial charge on any atom is -0.494 e. The van der Waals surface area contributed by atoms with Gasteiger partial charge in [-0.3, -0.25) is 0 Å². The van der Waals surface area contributed by atoms with Crippen LogP contribution < -0.4 is 10.1 Å². The average Bonchev–Trinajstić information content (AvgIpc) is 2.41. The lowest BCUT2D eigenvalue weighted by atomic mass is 9.83. The van der Waals surface area contributed by atoms with E-state index in [1.807, 2.05) is 0 Å². The molecule has 1 aromatic rings. The highest BCUT2D eigenvalue weighted by atomic mass is 79.9. The standard InChI is InChI=1S/C16H23Br2NO/c1-11-3-5-12(6-4-11)9-19-10-13-7-14(17)16(20-2)15(18)8-13/h7-8,11-12,19H,3-6,9-10H2,1-2H3. The summed E-state index contributed by atoms with van der Waals surface area (Å²) in [5, 5.41) is 3.60. The second-order valence-corrected chi connectivity index (χ2v) is 7.56. The van der Waals surface area contributed by atoms with Gasteiger partial charge in [0.05, 0.1) is 16.1 Å². The number of halogens is 2. The average molecular weight is 405 g/mol. The van der Waals surface area contributed by atoms with Gasteiger partial charge in [-0.15, -0.1) is 0 Å². The summed E-state index contributed by atoms with van der Waals surface area (Å²) in [5.41, 5.74) is 1.27. The van der Waals surface area contributed by atoms with Crippen LogP contribution in [0.3, 0.4) is 0 Å². The molecule has 0 radical (unpaired) electrons. The fourth-order valence-corrected chi connectivity index (χ4v) is 4.47. The third-order valence-corrected chi connectivity index (χ3v) is 5.34. The Balaban J connectivity index is 1.82. The topological polar surface area (TPSA) is 21.3 Å². The van der Waals surface area contributed by atoms with E-state index in [0.29, 0.717) is 0 Å². The first-order valence-electron chi connectivity index (χ1n) is 7.32. The monoisotopic (exact) mass is 403 g/mol. The molecule has 0 amide bonds. The first kappa shape index (κ1) is 16.3. The van der Waals surface area contributed by atoms with Gasteiger partial charge in [0.1, 0.15) is 5.75 Å². The first-order valence-corrected chi connectivity index (χ1v) is 8.91. The summed E-state index contributed by atoms with van der Waals surface area (Å²) in [4.78, 5) is 0. The molecular formula is C16H23Br2NO. The molecule has 0 aliphatic heterocycles. The number of hydrogen-bond acceptors (Lipinski definition) is 2. The van der Waals surface area contributed by atoms with Crippen LogP contribution in [0, 0.1) is 11.8 Å². The predicted molar refractivity (Wildman–Crippen MR) is 91.2 cm³/mol. The van der Waals surface area contributed by atoms with Gasteiger partial charge in [0.2, 0.25) is 0 Å². The summed E-state index contributed by atoms with van der Waals surface area (Å²) in [7, 11) is 1.69. The van der Waals surface area contributed by atoms with Gasteiger partial charge < -0.3 is 10.1 Å². The molecule has 1 aliphatic rings. The van der Waals surface area contributed by atoms with Crippen LogP contribution in [0.4, 0.5) is 0 Å². The molecule has 0 heterocycles. The predicted octanol–water partition coefficient (Wildman–Crippen LogP) is 5.14.